The van der Waals surface area contributed by atoms with Crippen molar-refractivity contribution in [2.24, 2.45) is 0 Å². The second-order valence-electron chi connectivity index (χ2n) is 5.17. The second kappa shape index (κ2) is 6.19. The van der Waals surface area contributed by atoms with Gasteiger partial charge in [0.1, 0.15) is 6.10 Å². The minimum Gasteiger partial charge on any atom is -0.365 e. The first-order valence-electron chi connectivity index (χ1n) is 6.74. The first kappa shape index (κ1) is 13.3. The van der Waals surface area contributed by atoms with Gasteiger partial charge in [0.15, 0.2) is 0 Å². The highest BCUT2D eigenvalue weighted by Crippen LogP contribution is 2.27. The Balaban J connectivity index is 1.89. The Morgan fingerprint density at radius 3 is 2.88 bits per heavy atom. The van der Waals surface area contributed by atoms with Gasteiger partial charge >= 0.3 is 0 Å². The van der Waals surface area contributed by atoms with E-state index in [0.29, 0.717) is 6.04 Å². The highest BCUT2D eigenvalue weighted by atomic mass is 79.9. The zero-order valence-electron chi connectivity index (χ0n) is 10.5. The predicted molar refractivity (Wildman–Crippen MR) is 71.3 cm³/mol. The summed E-state index contributed by atoms with van der Waals surface area (Å²) in [5, 5.41) is 1.03. The van der Waals surface area contributed by atoms with Crippen LogP contribution in [-0.2, 0) is 9.53 Å². The van der Waals surface area contributed by atoms with Gasteiger partial charge in [0.05, 0.1) is 6.10 Å². The average molecular weight is 304 g/mol. The summed E-state index contributed by atoms with van der Waals surface area (Å²) in [5.41, 5.74) is 0. The minimum atomic E-state index is -0.158. The summed E-state index contributed by atoms with van der Waals surface area (Å²) in [7, 11) is 0. The van der Waals surface area contributed by atoms with Gasteiger partial charge in [0, 0.05) is 17.9 Å². The van der Waals surface area contributed by atoms with E-state index >= 15 is 0 Å². The summed E-state index contributed by atoms with van der Waals surface area (Å²) < 4.78 is 5.69. The summed E-state index contributed by atoms with van der Waals surface area (Å²) in [5.74, 6) is 0.242. The van der Waals surface area contributed by atoms with Gasteiger partial charge in [-0.3, -0.25) is 4.79 Å². The van der Waals surface area contributed by atoms with Gasteiger partial charge in [0.25, 0.3) is 5.91 Å². The highest BCUT2D eigenvalue weighted by molar-refractivity contribution is 9.09. The number of ether oxygens (including phenoxy) is 1. The maximum Gasteiger partial charge on any atom is 0.251 e. The number of alkyl halides is 1. The normalized spacial score (nSPS) is 33.3. The molecule has 0 radical (unpaired) electrons. The van der Waals surface area contributed by atoms with Gasteiger partial charge in [-0.25, -0.2) is 0 Å². The van der Waals surface area contributed by atoms with Crippen LogP contribution >= 0.6 is 15.9 Å². The number of carbonyl (C=O) groups excluding carboxylic acids is 1. The number of nitrogens with zero attached hydrogens (tertiary/aromatic N) is 1. The average Bonchev–Trinajstić information content (AvgIpc) is 2.94. The van der Waals surface area contributed by atoms with Crippen LogP contribution in [0.3, 0.4) is 0 Å². The first-order chi connectivity index (χ1) is 8.22. The molecule has 0 spiro atoms. The molecular formula is C13H22BrNO2. The Hall–Kier alpha value is -0.0900. The van der Waals surface area contributed by atoms with Crippen LogP contribution in [-0.4, -0.2) is 40.9 Å². The molecule has 0 bridgehead atoms. The maximum atomic E-state index is 12.4. The standard InChI is InChI=1S/C13H22BrNO2/c1-10-6-7-12(17-10)13(16)15-9-3-5-11(15)4-2-8-14/h10-12H,2-9H2,1H3. The fraction of sp³-hybridized carbons (Fsp3) is 0.923. The van der Waals surface area contributed by atoms with Crippen molar-refractivity contribution in [1.29, 1.82) is 0 Å². The van der Waals surface area contributed by atoms with Gasteiger partial charge in [-0.1, -0.05) is 15.9 Å². The fourth-order valence-corrected chi connectivity index (χ4v) is 3.23. The molecule has 1 amide bonds. The van der Waals surface area contributed by atoms with E-state index in [9.17, 15) is 4.79 Å². The lowest BCUT2D eigenvalue weighted by Gasteiger charge is -2.27. The predicted octanol–water partition coefficient (Wildman–Crippen LogP) is 2.72. The van der Waals surface area contributed by atoms with Crippen molar-refractivity contribution < 1.29 is 9.53 Å². The van der Waals surface area contributed by atoms with Crippen LogP contribution < -0.4 is 0 Å². The van der Waals surface area contributed by atoms with Gasteiger partial charge in [0.2, 0.25) is 0 Å². The largest absolute Gasteiger partial charge is 0.365 e. The summed E-state index contributed by atoms with van der Waals surface area (Å²) in [4.78, 5) is 14.4. The third-order valence-electron chi connectivity index (χ3n) is 3.84. The van der Waals surface area contributed by atoms with Crippen LogP contribution in [0.5, 0.6) is 0 Å². The van der Waals surface area contributed by atoms with Crippen molar-refractivity contribution in [2.45, 2.75) is 63.7 Å². The van der Waals surface area contributed by atoms with E-state index in [1.54, 1.807) is 0 Å². The van der Waals surface area contributed by atoms with Crippen molar-refractivity contribution in [3.05, 3.63) is 0 Å². The Labute approximate surface area is 112 Å². The third kappa shape index (κ3) is 3.22. The van der Waals surface area contributed by atoms with Gasteiger partial charge in [-0.2, -0.15) is 0 Å². The van der Waals surface area contributed by atoms with E-state index in [2.05, 4.69) is 27.8 Å². The highest BCUT2D eigenvalue weighted by Gasteiger charge is 2.36. The Morgan fingerprint density at radius 1 is 1.41 bits per heavy atom. The lowest BCUT2D eigenvalue weighted by molar-refractivity contribution is -0.143. The molecule has 2 rings (SSSR count). The molecule has 2 heterocycles. The van der Waals surface area contributed by atoms with Gasteiger partial charge < -0.3 is 9.64 Å². The Bertz CT molecular complexity index is 272. The molecule has 0 aromatic rings. The smallest absolute Gasteiger partial charge is 0.251 e. The van der Waals surface area contributed by atoms with Gasteiger partial charge in [-0.15, -0.1) is 0 Å². The van der Waals surface area contributed by atoms with E-state index in [-0.39, 0.29) is 18.1 Å². The number of hydrogen-bond donors (Lipinski definition) is 0. The molecule has 0 N–H and O–H groups in total. The number of likely N-dealkylation sites (tertiary alicyclic amines) is 1. The Kier molecular flexibility index (Phi) is 4.86. The number of carbonyl (C=O) groups is 1. The zero-order valence-corrected chi connectivity index (χ0v) is 12.1. The first-order valence-corrected chi connectivity index (χ1v) is 7.86. The van der Waals surface area contributed by atoms with Crippen molar-refractivity contribution in [3.8, 4) is 0 Å². The number of halogens is 1. The van der Waals surface area contributed by atoms with Crippen molar-refractivity contribution >= 4 is 21.8 Å². The van der Waals surface area contributed by atoms with E-state index in [1.807, 2.05) is 0 Å². The number of hydrogen-bond acceptors (Lipinski definition) is 2. The molecule has 3 nitrogen and oxygen atoms in total. The number of amides is 1. The molecule has 0 aromatic heterocycles. The molecule has 2 aliphatic heterocycles. The molecule has 98 valence electrons. The summed E-state index contributed by atoms with van der Waals surface area (Å²) >= 11 is 3.46. The van der Waals surface area contributed by atoms with Crippen molar-refractivity contribution in [3.63, 3.8) is 0 Å². The van der Waals surface area contributed by atoms with E-state index in [0.717, 1.165) is 44.0 Å². The van der Waals surface area contributed by atoms with Gasteiger partial charge in [-0.05, 0) is 45.4 Å². The maximum absolute atomic E-state index is 12.4. The summed E-state index contributed by atoms with van der Waals surface area (Å²) in [6, 6.07) is 0.458. The molecule has 0 saturated carbocycles. The SMILES string of the molecule is CC1CCC(C(=O)N2CCCC2CCCBr)O1. The molecule has 3 unspecified atom stereocenters. The quantitative estimate of drug-likeness (QED) is 0.747. The van der Waals surface area contributed by atoms with E-state index < -0.39 is 0 Å². The van der Waals surface area contributed by atoms with E-state index in [4.69, 9.17) is 4.74 Å². The Morgan fingerprint density at radius 2 is 2.24 bits per heavy atom. The molecular weight excluding hydrogens is 282 g/mol. The van der Waals surface area contributed by atoms with Crippen molar-refractivity contribution in [2.75, 3.05) is 11.9 Å². The monoisotopic (exact) mass is 303 g/mol. The molecule has 2 fully saturated rings. The molecule has 0 aliphatic carbocycles. The lowest BCUT2D eigenvalue weighted by atomic mass is 10.1. The zero-order chi connectivity index (χ0) is 12.3. The lowest BCUT2D eigenvalue weighted by Crippen LogP contribution is -2.42. The van der Waals surface area contributed by atoms with Crippen LogP contribution in [0.15, 0.2) is 0 Å². The second-order valence-corrected chi connectivity index (χ2v) is 5.96. The third-order valence-corrected chi connectivity index (χ3v) is 4.40. The summed E-state index contributed by atoms with van der Waals surface area (Å²) in [6.45, 7) is 2.99. The fourth-order valence-electron chi connectivity index (χ4n) is 2.91. The molecule has 4 heteroatoms. The minimum absolute atomic E-state index is 0.158. The topological polar surface area (TPSA) is 29.5 Å². The van der Waals surface area contributed by atoms with Crippen LogP contribution in [0.1, 0.15) is 45.4 Å². The summed E-state index contributed by atoms with van der Waals surface area (Å²) in [6.07, 6.45) is 6.62. The molecule has 0 aromatic carbocycles. The molecule has 2 aliphatic rings. The van der Waals surface area contributed by atoms with Crippen LogP contribution in [0.25, 0.3) is 0 Å². The number of rotatable bonds is 4. The van der Waals surface area contributed by atoms with Crippen LogP contribution in [0, 0.1) is 0 Å². The molecule has 3 atom stereocenters. The van der Waals surface area contributed by atoms with Crippen molar-refractivity contribution in [1.82, 2.24) is 4.90 Å². The van der Waals surface area contributed by atoms with Crippen LogP contribution in [0.4, 0.5) is 0 Å². The molecule has 2 saturated heterocycles. The van der Waals surface area contributed by atoms with Crippen LogP contribution in [0.2, 0.25) is 0 Å². The van der Waals surface area contributed by atoms with E-state index in [1.165, 1.54) is 6.42 Å². The molecule has 17 heavy (non-hydrogen) atoms.